The number of rotatable bonds is 2. The molecule has 0 aliphatic rings. The molecule has 0 saturated carbocycles. The van der Waals surface area contributed by atoms with E-state index in [0.717, 1.165) is 0 Å². The molecule has 158 valence electrons. The predicted molar refractivity (Wildman–Crippen MR) is 71.9 cm³/mol. The van der Waals surface area contributed by atoms with Crippen LogP contribution in [0.15, 0.2) is 0 Å². The summed E-state index contributed by atoms with van der Waals surface area (Å²) >= 11 is 0. The van der Waals surface area contributed by atoms with Crippen molar-refractivity contribution in [2.24, 2.45) is 0 Å². The minimum atomic E-state index is -5.05. The molecule has 24 heavy (non-hydrogen) atoms. The van der Waals surface area contributed by atoms with E-state index in [0.29, 0.717) is 0 Å². The summed E-state index contributed by atoms with van der Waals surface area (Å²) in [7, 11) is -10.1. The van der Waals surface area contributed by atoms with E-state index in [9.17, 15) is 9.13 Å². The van der Waals surface area contributed by atoms with Gasteiger partial charge >= 0.3 is 104 Å². The quantitative estimate of drug-likeness (QED) is 0.224. The molecule has 0 aliphatic heterocycles. The molecule has 0 aromatic rings. The van der Waals surface area contributed by atoms with Gasteiger partial charge in [0.05, 0.1) is 0 Å². The van der Waals surface area contributed by atoms with Crippen LogP contribution >= 0.6 is 15.6 Å². The SMILES string of the molecule is O.O.O.O.O.O.O.O.O.O.O.O.O=P(O)(O)OP(=O)(O)O.[H-].[H-].[H-].[Na+].[Na+].[Na+]. The first-order valence-electron chi connectivity index (χ1n) is 1.53. The normalized spacial score (nSPS) is 5.17. The van der Waals surface area contributed by atoms with Gasteiger partial charge in [-0.2, -0.15) is 4.31 Å². The molecule has 0 aromatic heterocycles. The van der Waals surface area contributed by atoms with Crippen molar-refractivity contribution in [2.75, 3.05) is 0 Å². The Morgan fingerprint density at radius 1 is 0.458 bits per heavy atom. The van der Waals surface area contributed by atoms with Crippen LogP contribution in [0.4, 0.5) is 0 Å². The molecule has 0 saturated heterocycles. The maximum absolute atomic E-state index is 9.63. The molecule has 0 heterocycles. The fourth-order valence-electron chi connectivity index (χ4n) is 0.139. The maximum Gasteiger partial charge on any atom is 1.00 e. The summed E-state index contributed by atoms with van der Waals surface area (Å²) in [5.74, 6) is 0. The predicted octanol–water partition coefficient (Wildman–Crippen LogP) is -19.4. The fraction of sp³-hybridized carbons (Fsp3) is 0. The molecule has 0 radical (unpaired) electrons. The van der Waals surface area contributed by atoms with Gasteiger partial charge in [0.1, 0.15) is 0 Å². The summed E-state index contributed by atoms with van der Waals surface area (Å²) in [4.78, 5) is 31.0. The van der Waals surface area contributed by atoms with Gasteiger partial charge < -0.3 is 89.6 Å². The van der Waals surface area contributed by atoms with Gasteiger partial charge in [0.15, 0.2) is 0 Å². The summed E-state index contributed by atoms with van der Waals surface area (Å²) in [5, 5.41) is 0. The molecule has 0 rings (SSSR count). The minimum Gasteiger partial charge on any atom is -1.00 e. The van der Waals surface area contributed by atoms with Crippen LogP contribution in [0, 0.1) is 0 Å². The third kappa shape index (κ3) is 182. The van der Waals surface area contributed by atoms with E-state index in [-0.39, 0.29) is 159 Å². The molecule has 0 fully saturated rings. The van der Waals surface area contributed by atoms with Crippen molar-refractivity contribution in [3.05, 3.63) is 0 Å². The molecular formula is H31Na3O19P2. The van der Waals surface area contributed by atoms with Crippen molar-refractivity contribution < 1.29 is 192 Å². The number of phosphoric acid groups is 2. The van der Waals surface area contributed by atoms with Gasteiger partial charge in [0.2, 0.25) is 0 Å². The Balaban J connectivity index is -0.00000000209. The van der Waals surface area contributed by atoms with Crippen LogP contribution < -0.4 is 88.7 Å². The first-order valence-corrected chi connectivity index (χ1v) is 4.59. The molecule has 28 N–H and O–H groups in total. The van der Waals surface area contributed by atoms with Gasteiger partial charge in [-0.1, -0.05) is 0 Å². The second-order valence-electron chi connectivity index (χ2n) is 1.06. The Labute approximate surface area is 205 Å². The van der Waals surface area contributed by atoms with Crippen LogP contribution in [0.5, 0.6) is 0 Å². The summed E-state index contributed by atoms with van der Waals surface area (Å²) in [6.07, 6.45) is 0. The number of hydrogen-bond donors (Lipinski definition) is 4. The minimum absolute atomic E-state index is 0. The monoisotopic (exact) mass is 466 g/mol. The van der Waals surface area contributed by atoms with Crippen molar-refractivity contribution in [3.63, 3.8) is 0 Å². The first-order chi connectivity index (χ1) is 3.71. The average Bonchev–Trinajstić information content (AvgIpc) is 1.14. The van der Waals surface area contributed by atoms with Gasteiger partial charge in [0.25, 0.3) is 0 Å². The van der Waals surface area contributed by atoms with Gasteiger partial charge in [0, 0.05) is 0 Å². The molecule has 0 spiro atoms. The number of hydrogen-bond acceptors (Lipinski definition) is 3. The van der Waals surface area contributed by atoms with Gasteiger partial charge in [-0.25, -0.2) is 9.13 Å². The molecular weight excluding hydrogens is 435 g/mol. The van der Waals surface area contributed by atoms with Crippen LogP contribution in [0.1, 0.15) is 4.28 Å². The van der Waals surface area contributed by atoms with Gasteiger partial charge in [-0.3, -0.25) is 0 Å². The molecule has 0 aliphatic carbocycles. The fourth-order valence-corrected chi connectivity index (χ4v) is 1.25. The van der Waals surface area contributed by atoms with Gasteiger partial charge in [-0.05, 0) is 0 Å². The zero-order chi connectivity index (χ0) is 7.71. The molecule has 0 bridgehead atoms. The topological polar surface area (TPSA) is 502 Å². The second kappa shape index (κ2) is 63.6. The average molecular weight is 466 g/mol. The Morgan fingerprint density at radius 3 is 0.542 bits per heavy atom. The van der Waals surface area contributed by atoms with Gasteiger partial charge in [-0.15, -0.1) is 0 Å². The first kappa shape index (κ1) is 153. The maximum atomic E-state index is 9.63. The standard InChI is InChI=1S/3Na.H4O7P2.12H2O.3H/c;;;1-8(2,3)7-9(4,5)6;;;;;;;;;;;;;;;/h;;;(H2,1,2,3)(H2,4,5,6);12*1H2;;;/q3*+1;;;;;;;;;;;;;;3*-1. The largest absolute Gasteiger partial charge is 1.00 e. The molecule has 0 amide bonds. The van der Waals surface area contributed by atoms with Crippen molar-refractivity contribution >= 4 is 15.6 Å². The van der Waals surface area contributed by atoms with E-state index in [1.165, 1.54) is 0 Å². The summed E-state index contributed by atoms with van der Waals surface area (Å²) in [5.41, 5.74) is 0. The van der Waals surface area contributed by atoms with Crippen LogP contribution in [0.2, 0.25) is 0 Å². The zero-order valence-electron chi connectivity index (χ0n) is 15.9. The molecule has 0 unspecified atom stereocenters. The van der Waals surface area contributed by atoms with Crippen molar-refractivity contribution in [1.29, 1.82) is 0 Å². The Kier molecular flexibility index (Phi) is 406. The summed E-state index contributed by atoms with van der Waals surface area (Å²) in [6.45, 7) is 0. The van der Waals surface area contributed by atoms with Crippen molar-refractivity contribution in [3.8, 4) is 0 Å². The van der Waals surface area contributed by atoms with Crippen LogP contribution in [-0.2, 0) is 13.4 Å². The second-order valence-corrected chi connectivity index (χ2v) is 3.68. The van der Waals surface area contributed by atoms with E-state index < -0.39 is 15.6 Å². The van der Waals surface area contributed by atoms with E-state index in [4.69, 9.17) is 19.6 Å². The Hall–Kier alpha value is 2.78. The molecule has 19 nitrogen and oxygen atoms in total. The molecule has 0 atom stereocenters. The zero-order valence-corrected chi connectivity index (χ0v) is 20.7. The Morgan fingerprint density at radius 2 is 0.542 bits per heavy atom. The van der Waals surface area contributed by atoms with E-state index in [2.05, 4.69) is 4.31 Å². The van der Waals surface area contributed by atoms with E-state index in [1.807, 2.05) is 0 Å². The van der Waals surface area contributed by atoms with Crippen molar-refractivity contribution in [2.45, 2.75) is 0 Å². The molecule has 0 aromatic carbocycles. The van der Waals surface area contributed by atoms with E-state index >= 15 is 0 Å². The smallest absolute Gasteiger partial charge is 1.00 e. The summed E-state index contributed by atoms with van der Waals surface area (Å²) in [6, 6.07) is 0. The Bertz CT molecular complexity index is 177. The van der Waals surface area contributed by atoms with Crippen LogP contribution in [-0.4, -0.2) is 85.3 Å². The summed E-state index contributed by atoms with van der Waals surface area (Å²) < 4.78 is 22.2. The van der Waals surface area contributed by atoms with E-state index in [1.54, 1.807) is 0 Å². The van der Waals surface area contributed by atoms with Crippen LogP contribution in [0.3, 0.4) is 0 Å². The third-order valence-corrected chi connectivity index (χ3v) is 1.91. The van der Waals surface area contributed by atoms with Crippen LogP contribution in [0.25, 0.3) is 0 Å². The third-order valence-electron chi connectivity index (χ3n) is 0.213. The van der Waals surface area contributed by atoms with Crippen molar-refractivity contribution in [1.82, 2.24) is 0 Å². The molecule has 24 heteroatoms.